The van der Waals surface area contributed by atoms with Crippen LogP contribution in [0.1, 0.15) is 25.5 Å². The van der Waals surface area contributed by atoms with E-state index in [1.54, 1.807) is 54.4 Å². The van der Waals surface area contributed by atoms with Crippen LogP contribution in [0, 0.1) is 5.82 Å². The van der Waals surface area contributed by atoms with Gasteiger partial charge in [0.25, 0.3) is 0 Å². The minimum atomic E-state index is -0.512. The number of anilines is 4. The molecule has 0 bridgehead atoms. The number of rotatable bonds is 5. The molecule has 3 aromatic rings. The number of fused-ring (bicyclic) bond motifs is 1. The zero-order valence-corrected chi connectivity index (χ0v) is 17.7. The van der Waals surface area contributed by atoms with Gasteiger partial charge in [0.05, 0.1) is 18.7 Å². The molecule has 2 heterocycles. The van der Waals surface area contributed by atoms with Gasteiger partial charge in [-0.2, -0.15) is 4.98 Å². The average Bonchev–Trinajstić information content (AvgIpc) is 2.76. The molecule has 2 atom stereocenters. The minimum absolute atomic E-state index is 0.237. The second-order valence-electron chi connectivity index (χ2n) is 7.31. The van der Waals surface area contributed by atoms with Crippen LogP contribution >= 0.6 is 11.6 Å². The molecule has 160 valence electrons. The predicted molar refractivity (Wildman–Crippen MR) is 118 cm³/mol. The van der Waals surface area contributed by atoms with Crippen LogP contribution in [0.15, 0.2) is 54.7 Å². The number of aliphatic hydroxyl groups excluding tert-OH is 1. The fourth-order valence-corrected chi connectivity index (χ4v) is 3.64. The first-order chi connectivity index (χ1) is 14.9. The lowest BCUT2D eigenvalue weighted by Crippen LogP contribution is -2.54. The van der Waals surface area contributed by atoms with Crippen molar-refractivity contribution in [1.82, 2.24) is 9.97 Å². The number of urea groups is 1. The summed E-state index contributed by atoms with van der Waals surface area (Å²) in [6.07, 6.45) is 1.66. The molecule has 1 aliphatic rings. The van der Waals surface area contributed by atoms with Crippen LogP contribution in [0.2, 0.25) is 5.02 Å². The number of benzene rings is 2. The first kappa shape index (κ1) is 21.0. The summed E-state index contributed by atoms with van der Waals surface area (Å²) in [4.78, 5) is 25.5. The molecule has 0 spiro atoms. The molecule has 0 fully saturated rings. The smallest absolute Gasteiger partial charge is 0.331 e. The highest BCUT2D eigenvalue weighted by Gasteiger charge is 2.40. The molecule has 2 unspecified atom stereocenters. The van der Waals surface area contributed by atoms with Gasteiger partial charge in [-0.05, 0) is 62.4 Å². The Morgan fingerprint density at radius 1 is 1.19 bits per heavy atom. The van der Waals surface area contributed by atoms with Crippen molar-refractivity contribution < 1.29 is 14.3 Å². The first-order valence-electron chi connectivity index (χ1n) is 9.77. The van der Waals surface area contributed by atoms with Crippen LogP contribution in [0.5, 0.6) is 0 Å². The number of halogens is 2. The predicted octanol–water partition coefficient (Wildman–Crippen LogP) is 4.90. The lowest BCUT2D eigenvalue weighted by molar-refractivity contribution is 0.233. The maximum Gasteiger partial charge on any atom is 0.331 e. The van der Waals surface area contributed by atoms with Crippen LogP contribution in [-0.4, -0.2) is 33.8 Å². The maximum atomic E-state index is 13.5. The Balaban J connectivity index is 1.75. The number of nitrogens with zero attached hydrogens (tertiary/aromatic N) is 4. The van der Waals surface area contributed by atoms with Crippen LogP contribution < -0.4 is 15.1 Å². The summed E-state index contributed by atoms with van der Waals surface area (Å²) < 4.78 is 13.2. The molecule has 2 amide bonds. The molecule has 0 saturated heterocycles. The molecule has 7 nitrogen and oxygen atoms in total. The summed E-state index contributed by atoms with van der Waals surface area (Å²) in [5.74, 6) is 0.339. The zero-order valence-electron chi connectivity index (χ0n) is 17.0. The third kappa shape index (κ3) is 4.04. The number of nitrogens with one attached hydrogen (secondary N) is 1. The largest absolute Gasteiger partial charge is 0.394 e. The number of hydrogen-bond acceptors (Lipinski definition) is 5. The molecule has 0 saturated carbocycles. The molecule has 1 aromatic heterocycles. The number of amides is 2. The van der Waals surface area contributed by atoms with Crippen molar-refractivity contribution >= 4 is 40.8 Å². The molecule has 1 aliphatic heterocycles. The van der Waals surface area contributed by atoms with Crippen LogP contribution in [0.3, 0.4) is 0 Å². The Kier molecular flexibility index (Phi) is 5.75. The van der Waals surface area contributed by atoms with Gasteiger partial charge in [-0.15, -0.1) is 0 Å². The zero-order chi connectivity index (χ0) is 22.1. The number of aromatic nitrogens is 2. The van der Waals surface area contributed by atoms with E-state index in [4.69, 9.17) is 11.6 Å². The summed E-state index contributed by atoms with van der Waals surface area (Å²) >= 11 is 6.00. The number of hydrogen-bond donors (Lipinski definition) is 2. The summed E-state index contributed by atoms with van der Waals surface area (Å²) in [5, 5.41) is 13.4. The van der Waals surface area contributed by atoms with Crippen molar-refractivity contribution in [3.05, 3.63) is 71.1 Å². The molecule has 0 radical (unpaired) electrons. The van der Waals surface area contributed by atoms with Crippen LogP contribution in [0.25, 0.3) is 0 Å². The van der Waals surface area contributed by atoms with Crippen molar-refractivity contribution in [2.24, 2.45) is 0 Å². The van der Waals surface area contributed by atoms with Crippen LogP contribution in [0.4, 0.5) is 32.3 Å². The van der Waals surface area contributed by atoms with Crippen molar-refractivity contribution in [3.63, 3.8) is 0 Å². The second kappa shape index (κ2) is 8.49. The molecule has 9 heteroatoms. The van der Waals surface area contributed by atoms with Crippen molar-refractivity contribution in [3.8, 4) is 0 Å². The Bertz CT molecular complexity index is 1090. The molecule has 4 rings (SSSR count). The lowest BCUT2D eigenvalue weighted by atomic mass is 10.0. The molecule has 0 aliphatic carbocycles. The quantitative estimate of drug-likeness (QED) is 0.588. The molecular weight excluding hydrogens is 421 g/mol. The Hall–Kier alpha value is -3.23. The fraction of sp³-hybridized carbons (Fsp3) is 0.227. The number of carbonyl (C=O) groups is 1. The van der Waals surface area contributed by atoms with E-state index < -0.39 is 6.04 Å². The van der Waals surface area contributed by atoms with Gasteiger partial charge in [-0.1, -0.05) is 11.6 Å². The van der Waals surface area contributed by atoms with Gasteiger partial charge >= 0.3 is 6.03 Å². The Morgan fingerprint density at radius 2 is 1.87 bits per heavy atom. The van der Waals surface area contributed by atoms with Gasteiger partial charge in [-0.3, -0.25) is 9.80 Å². The number of aliphatic hydroxyl groups is 1. The van der Waals surface area contributed by atoms with Crippen molar-refractivity contribution in [1.29, 1.82) is 0 Å². The van der Waals surface area contributed by atoms with E-state index in [9.17, 15) is 14.3 Å². The maximum absolute atomic E-state index is 13.5. The van der Waals surface area contributed by atoms with Crippen molar-refractivity contribution in [2.45, 2.75) is 25.9 Å². The molecule has 2 aromatic carbocycles. The Morgan fingerprint density at radius 3 is 2.52 bits per heavy atom. The highest BCUT2D eigenvalue weighted by Crippen LogP contribution is 2.39. The van der Waals surface area contributed by atoms with Gasteiger partial charge in [0.2, 0.25) is 5.95 Å². The van der Waals surface area contributed by atoms with Gasteiger partial charge in [0, 0.05) is 28.2 Å². The van der Waals surface area contributed by atoms with E-state index in [2.05, 4.69) is 15.3 Å². The van der Waals surface area contributed by atoms with Gasteiger partial charge in [0.15, 0.2) is 0 Å². The summed E-state index contributed by atoms with van der Waals surface area (Å²) in [5.41, 5.74) is 2.02. The van der Waals surface area contributed by atoms with E-state index in [0.29, 0.717) is 22.2 Å². The van der Waals surface area contributed by atoms with Gasteiger partial charge in [-0.25, -0.2) is 14.2 Å². The van der Waals surface area contributed by atoms with E-state index in [-0.39, 0.29) is 30.4 Å². The van der Waals surface area contributed by atoms with Crippen molar-refractivity contribution in [2.75, 3.05) is 21.7 Å². The molecule has 31 heavy (non-hydrogen) atoms. The van der Waals surface area contributed by atoms with E-state index in [1.165, 1.54) is 17.0 Å². The molecule has 2 N–H and O–H groups in total. The topological polar surface area (TPSA) is 81.6 Å². The third-order valence-electron chi connectivity index (χ3n) is 5.18. The van der Waals surface area contributed by atoms with Gasteiger partial charge in [0.1, 0.15) is 11.6 Å². The summed E-state index contributed by atoms with van der Waals surface area (Å²) in [6.45, 7) is 3.40. The van der Waals surface area contributed by atoms with E-state index in [1.807, 2.05) is 6.92 Å². The minimum Gasteiger partial charge on any atom is -0.394 e. The normalized spacial score (nSPS) is 16.8. The molecular formula is C22H21ClFN5O2. The van der Waals surface area contributed by atoms with E-state index in [0.717, 1.165) is 5.56 Å². The second-order valence-corrected chi connectivity index (χ2v) is 7.75. The highest BCUT2D eigenvalue weighted by molar-refractivity contribution is 6.30. The SMILES string of the molecule is CC(CO)N1C(=O)N(c2ccc(Cl)cc2)C(C)c2cnc(Nc3ccc(F)cc3)nc21. The standard InChI is InChI=1S/C22H21ClFN5O2/c1-13(12-30)28-20-19(11-25-21(27-20)26-17-7-5-16(24)6-8-17)14(2)29(22(28)31)18-9-3-15(23)4-10-18/h3-11,13-14,30H,12H2,1-2H3,(H,25,26,27). The number of carbonyl (C=O) groups excluding carboxylic acids is 1. The third-order valence-corrected chi connectivity index (χ3v) is 5.44. The van der Waals surface area contributed by atoms with Crippen LogP contribution in [-0.2, 0) is 0 Å². The monoisotopic (exact) mass is 441 g/mol. The Labute approximate surface area is 184 Å². The fourth-order valence-electron chi connectivity index (χ4n) is 3.52. The lowest BCUT2D eigenvalue weighted by Gasteiger charge is -2.42. The van der Waals surface area contributed by atoms with E-state index >= 15 is 0 Å². The summed E-state index contributed by atoms with van der Waals surface area (Å²) in [6, 6.07) is 11.6. The average molecular weight is 442 g/mol. The van der Waals surface area contributed by atoms with Gasteiger partial charge < -0.3 is 10.4 Å². The highest BCUT2D eigenvalue weighted by atomic mass is 35.5. The summed E-state index contributed by atoms with van der Waals surface area (Å²) in [7, 11) is 0. The first-order valence-corrected chi connectivity index (χ1v) is 10.1.